The van der Waals surface area contributed by atoms with Crippen molar-refractivity contribution in [1.29, 1.82) is 0 Å². The highest BCUT2D eigenvalue weighted by Crippen LogP contribution is 2.03. The van der Waals surface area contributed by atoms with Crippen LogP contribution in [0.2, 0.25) is 0 Å². The molecule has 0 unspecified atom stereocenters. The predicted octanol–water partition coefficient (Wildman–Crippen LogP) is 3.10. The summed E-state index contributed by atoms with van der Waals surface area (Å²) in [5, 5.41) is 12.4. The normalized spacial score (nSPS) is 11.2. The van der Waals surface area contributed by atoms with E-state index in [9.17, 15) is 0 Å². The smallest absolute Gasteiger partial charge is 0.0762 e. The van der Waals surface area contributed by atoms with Crippen molar-refractivity contribution >= 4 is 12.4 Å². The van der Waals surface area contributed by atoms with Crippen LogP contribution < -0.4 is 5.32 Å². The molecule has 5 nitrogen and oxygen atoms in total. The summed E-state index contributed by atoms with van der Waals surface area (Å²) in [6, 6.07) is 2.08. The van der Waals surface area contributed by atoms with E-state index >= 15 is 0 Å². The Bertz CT molecular complexity index is 496. The molecule has 1 N–H and O–H groups in total. The molecule has 0 radical (unpaired) electrons. The van der Waals surface area contributed by atoms with E-state index in [1.54, 1.807) is 0 Å². The number of halogens is 1. The molecular formula is C16H28ClN5. The highest BCUT2D eigenvalue weighted by Gasteiger charge is 2.03. The molecule has 0 aliphatic carbocycles. The summed E-state index contributed by atoms with van der Waals surface area (Å²) < 4.78 is 4.03. The quantitative estimate of drug-likeness (QED) is 0.811. The molecule has 2 aromatic heterocycles. The van der Waals surface area contributed by atoms with E-state index in [-0.39, 0.29) is 12.4 Å². The summed E-state index contributed by atoms with van der Waals surface area (Å²) in [6.45, 7) is 12.4. The molecule has 0 amide bonds. The number of rotatable bonds is 8. The lowest BCUT2D eigenvalue weighted by Gasteiger charge is -2.04. The van der Waals surface area contributed by atoms with Gasteiger partial charge in [0, 0.05) is 44.1 Å². The van der Waals surface area contributed by atoms with E-state index in [4.69, 9.17) is 0 Å². The molecule has 0 aromatic carbocycles. The predicted molar refractivity (Wildman–Crippen MR) is 91.9 cm³/mol. The fraction of sp³-hybridized carbons (Fsp3) is 0.625. The van der Waals surface area contributed by atoms with Gasteiger partial charge < -0.3 is 5.32 Å². The van der Waals surface area contributed by atoms with Crippen molar-refractivity contribution in [2.24, 2.45) is 11.8 Å². The van der Waals surface area contributed by atoms with E-state index < -0.39 is 0 Å². The number of hydrogen-bond acceptors (Lipinski definition) is 3. The molecule has 2 aromatic rings. The van der Waals surface area contributed by atoms with Gasteiger partial charge in [0.05, 0.1) is 11.9 Å². The Morgan fingerprint density at radius 3 is 2.41 bits per heavy atom. The Morgan fingerprint density at radius 2 is 1.73 bits per heavy atom. The summed E-state index contributed by atoms with van der Waals surface area (Å²) in [5.41, 5.74) is 2.31. The second kappa shape index (κ2) is 8.96. The summed E-state index contributed by atoms with van der Waals surface area (Å²) in [7, 11) is 0. The first-order valence-corrected chi connectivity index (χ1v) is 7.77. The van der Waals surface area contributed by atoms with Crippen molar-refractivity contribution in [3.63, 3.8) is 0 Å². The molecule has 6 heteroatoms. The highest BCUT2D eigenvalue weighted by molar-refractivity contribution is 5.85. The first kappa shape index (κ1) is 18.7. The zero-order valence-corrected chi connectivity index (χ0v) is 14.8. The van der Waals surface area contributed by atoms with Gasteiger partial charge in [-0.25, -0.2) is 0 Å². The third kappa shape index (κ3) is 6.20. The van der Waals surface area contributed by atoms with E-state index in [1.807, 2.05) is 15.6 Å². The van der Waals surface area contributed by atoms with Crippen molar-refractivity contribution in [1.82, 2.24) is 24.9 Å². The monoisotopic (exact) mass is 325 g/mol. The fourth-order valence-corrected chi connectivity index (χ4v) is 2.28. The lowest BCUT2D eigenvalue weighted by Crippen LogP contribution is -2.13. The van der Waals surface area contributed by atoms with E-state index in [0.29, 0.717) is 11.8 Å². The molecule has 2 rings (SSSR count). The maximum Gasteiger partial charge on any atom is 0.0762 e. The lowest BCUT2D eigenvalue weighted by atomic mass is 10.2. The van der Waals surface area contributed by atoms with Crippen molar-refractivity contribution in [2.75, 3.05) is 0 Å². The summed E-state index contributed by atoms with van der Waals surface area (Å²) in [6.07, 6.45) is 6.11. The molecule has 0 saturated carbocycles. The summed E-state index contributed by atoms with van der Waals surface area (Å²) in [5.74, 6) is 1.24. The fourth-order valence-electron chi connectivity index (χ4n) is 2.28. The Kier molecular flexibility index (Phi) is 7.62. The van der Waals surface area contributed by atoms with Gasteiger partial charge in [-0.2, -0.15) is 10.2 Å². The molecule has 0 aliphatic heterocycles. The van der Waals surface area contributed by atoms with Crippen LogP contribution in [0.15, 0.2) is 24.7 Å². The van der Waals surface area contributed by atoms with Crippen molar-refractivity contribution in [2.45, 2.75) is 53.9 Å². The molecule has 2 heterocycles. The molecule has 22 heavy (non-hydrogen) atoms. The van der Waals surface area contributed by atoms with Gasteiger partial charge in [0.15, 0.2) is 0 Å². The zero-order valence-electron chi connectivity index (χ0n) is 14.0. The summed E-state index contributed by atoms with van der Waals surface area (Å²) in [4.78, 5) is 0. The van der Waals surface area contributed by atoms with Gasteiger partial charge in [-0.05, 0) is 17.9 Å². The van der Waals surface area contributed by atoms with Gasteiger partial charge in [-0.15, -0.1) is 12.4 Å². The maximum atomic E-state index is 4.56. The number of aromatic nitrogens is 4. The van der Waals surface area contributed by atoms with Gasteiger partial charge in [-0.1, -0.05) is 27.7 Å². The molecule has 0 bridgehead atoms. The minimum atomic E-state index is 0. The minimum Gasteiger partial charge on any atom is -0.307 e. The maximum absolute atomic E-state index is 4.56. The van der Waals surface area contributed by atoms with Crippen LogP contribution in [0.4, 0.5) is 0 Å². The van der Waals surface area contributed by atoms with Crippen LogP contribution in [-0.2, 0) is 26.2 Å². The van der Waals surface area contributed by atoms with Gasteiger partial charge in [-0.3, -0.25) is 9.36 Å². The Hall–Kier alpha value is -1.33. The second-order valence-corrected chi connectivity index (χ2v) is 6.49. The Balaban J connectivity index is 0.00000242. The van der Waals surface area contributed by atoms with Gasteiger partial charge >= 0.3 is 0 Å². The molecule has 0 saturated heterocycles. The molecule has 0 atom stereocenters. The molecular weight excluding hydrogens is 298 g/mol. The van der Waals surface area contributed by atoms with Crippen LogP contribution in [0.1, 0.15) is 39.0 Å². The van der Waals surface area contributed by atoms with Crippen LogP contribution in [0.5, 0.6) is 0 Å². The SMILES string of the molecule is CC(C)Cn1cc(CNCc2ccn(CC(C)C)n2)cn1.Cl. The third-order valence-electron chi connectivity index (χ3n) is 3.12. The minimum absolute atomic E-state index is 0. The van der Waals surface area contributed by atoms with Crippen LogP contribution in [-0.4, -0.2) is 19.6 Å². The molecule has 0 aliphatic rings. The highest BCUT2D eigenvalue weighted by atomic mass is 35.5. The zero-order chi connectivity index (χ0) is 15.2. The van der Waals surface area contributed by atoms with Crippen LogP contribution in [0.3, 0.4) is 0 Å². The van der Waals surface area contributed by atoms with E-state index in [0.717, 1.165) is 31.9 Å². The first-order chi connectivity index (χ1) is 10.0. The number of nitrogens with zero attached hydrogens (tertiary/aromatic N) is 4. The third-order valence-corrected chi connectivity index (χ3v) is 3.12. The molecule has 0 spiro atoms. The van der Waals surface area contributed by atoms with E-state index in [2.05, 4.69) is 61.7 Å². The van der Waals surface area contributed by atoms with E-state index in [1.165, 1.54) is 5.56 Å². The van der Waals surface area contributed by atoms with Gasteiger partial charge in [0.2, 0.25) is 0 Å². The number of nitrogens with one attached hydrogen (secondary N) is 1. The number of hydrogen-bond donors (Lipinski definition) is 1. The standard InChI is InChI=1S/C16H27N5.ClH/c1-13(2)10-20-6-5-16(19-20)9-17-7-15-8-18-21(12-15)11-14(3)4;/h5-6,8,12-14,17H,7,9-11H2,1-4H3;1H. The average molecular weight is 326 g/mol. The van der Waals surface area contributed by atoms with Gasteiger partial charge in [0.1, 0.15) is 0 Å². The van der Waals surface area contributed by atoms with Crippen molar-refractivity contribution in [3.05, 3.63) is 35.9 Å². The topological polar surface area (TPSA) is 47.7 Å². The van der Waals surface area contributed by atoms with Gasteiger partial charge in [0.25, 0.3) is 0 Å². The molecule has 124 valence electrons. The largest absolute Gasteiger partial charge is 0.307 e. The first-order valence-electron chi connectivity index (χ1n) is 7.77. The van der Waals surface area contributed by atoms with Crippen LogP contribution >= 0.6 is 12.4 Å². The van der Waals surface area contributed by atoms with Crippen molar-refractivity contribution in [3.8, 4) is 0 Å². The summed E-state index contributed by atoms with van der Waals surface area (Å²) >= 11 is 0. The second-order valence-electron chi connectivity index (χ2n) is 6.49. The van der Waals surface area contributed by atoms with Crippen LogP contribution in [0.25, 0.3) is 0 Å². The van der Waals surface area contributed by atoms with Crippen molar-refractivity contribution < 1.29 is 0 Å². The Morgan fingerprint density at radius 1 is 1.05 bits per heavy atom. The van der Waals surface area contributed by atoms with Crippen LogP contribution in [0, 0.1) is 11.8 Å². The Labute approximate surface area is 139 Å². The lowest BCUT2D eigenvalue weighted by molar-refractivity contribution is 0.477. The average Bonchev–Trinajstić information content (AvgIpc) is 2.98. The molecule has 0 fully saturated rings.